The van der Waals surface area contributed by atoms with Crippen LogP contribution in [0.25, 0.3) is 0 Å². The zero-order valence-corrected chi connectivity index (χ0v) is 14.4. The van der Waals surface area contributed by atoms with Gasteiger partial charge in [0.2, 0.25) is 5.91 Å². The molecular formula is C19H19FN4O2. The summed E-state index contributed by atoms with van der Waals surface area (Å²) in [5, 5.41) is 8.78. The highest BCUT2D eigenvalue weighted by atomic mass is 19.1. The smallest absolute Gasteiger partial charge is 0.229 e. The molecule has 1 aromatic carbocycles. The Morgan fingerprint density at radius 1 is 1.35 bits per heavy atom. The highest BCUT2D eigenvalue weighted by Crippen LogP contribution is 2.25. The highest BCUT2D eigenvalue weighted by Gasteiger charge is 2.28. The highest BCUT2D eigenvalue weighted by molar-refractivity contribution is 5.83. The van der Waals surface area contributed by atoms with Crippen molar-refractivity contribution in [3.63, 3.8) is 0 Å². The van der Waals surface area contributed by atoms with E-state index in [0.717, 1.165) is 11.6 Å². The topological polar surface area (TPSA) is 79.1 Å². The number of amides is 1. The number of halogens is 1. The van der Waals surface area contributed by atoms with Crippen molar-refractivity contribution in [3.8, 4) is 11.8 Å². The molecule has 3 rings (SSSR count). The first kappa shape index (κ1) is 17.8. The minimum absolute atomic E-state index is 0.0304. The van der Waals surface area contributed by atoms with Crippen LogP contribution in [0.2, 0.25) is 0 Å². The van der Waals surface area contributed by atoms with Gasteiger partial charge in [0.15, 0.2) is 11.6 Å². The summed E-state index contributed by atoms with van der Waals surface area (Å²) in [6.45, 7) is 2.95. The lowest BCUT2D eigenvalue weighted by molar-refractivity contribution is -0.134. The van der Waals surface area contributed by atoms with Crippen molar-refractivity contribution in [1.29, 1.82) is 5.26 Å². The van der Waals surface area contributed by atoms with E-state index in [9.17, 15) is 9.18 Å². The van der Waals surface area contributed by atoms with Crippen LogP contribution in [0.5, 0.6) is 5.75 Å². The minimum Gasteiger partial charge on any atom is -0.487 e. The van der Waals surface area contributed by atoms with Gasteiger partial charge in [-0.15, -0.1) is 0 Å². The van der Waals surface area contributed by atoms with E-state index >= 15 is 0 Å². The standard InChI is InChI=1S/C19H19FN4O2/c1-13(15-10-22-12-23-11-15)19(25)24-6-4-16(5-7-24)26-18-3-2-14(9-21)8-17(18)20/h2-3,8,10-13,16H,4-7H2,1H3. The van der Waals surface area contributed by atoms with Crippen LogP contribution in [-0.2, 0) is 4.79 Å². The summed E-state index contributed by atoms with van der Waals surface area (Å²) in [7, 11) is 0. The Labute approximate surface area is 151 Å². The Morgan fingerprint density at radius 3 is 2.65 bits per heavy atom. The summed E-state index contributed by atoms with van der Waals surface area (Å²) in [5.41, 5.74) is 1.05. The second-order valence-electron chi connectivity index (χ2n) is 6.29. The Bertz CT molecular complexity index is 814. The number of rotatable bonds is 4. The van der Waals surface area contributed by atoms with Crippen molar-refractivity contribution in [3.05, 3.63) is 53.9 Å². The third kappa shape index (κ3) is 3.97. The SMILES string of the molecule is CC(C(=O)N1CCC(Oc2ccc(C#N)cc2F)CC1)c1cncnc1. The second kappa shape index (κ2) is 7.91. The first-order valence-electron chi connectivity index (χ1n) is 8.48. The van der Waals surface area contributed by atoms with E-state index < -0.39 is 5.82 Å². The van der Waals surface area contributed by atoms with E-state index in [1.165, 1.54) is 18.5 Å². The molecule has 6 nitrogen and oxygen atoms in total. The van der Waals surface area contributed by atoms with Gasteiger partial charge in [0.25, 0.3) is 0 Å². The van der Waals surface area contributed by atoms with Crippen LogP contribution in [-0.4, -0.2) is 40.0 Å². The van der Waals surface area contributed by atoms with Crippen LogP contribution in [0, 0.1) is 17.1 Å². The van der Waals surface area contributed by atoms with Crippen LogP contribution in [0.15, 0.2) is 36.9 Å². The zero-order valence-electron chi connectivity index (χ0n) is 14.4. The molecule has 0 bridgehead atoms. The summed E-state index contributed by atoms with van der Waals surface area (Å²) < 4.78 is 19.7. The molecule has 1 unspecified atom stereocenters. The molecule has 2 heterocycles. The molecule has 0 aliphatic carbocycles. The quantitative estimate of drug-likeness (QED) is 0.843. The predicted molar refractivity (Wildman–Crippen MR) is 91.8 cm³/mol. The van der Waals surface area contributed by atoms with E-state index in [4.69, 9.17) is 10.00 Å². The molecule has 7 heteroatoms. The van der Waals surface area contributed by atoms with Crippen LogP contribution < -0.4 is 4.74 Å². The van der Waals surface area contributed by atoms with Gasteiger partial charge < -0.3 is 9.64 Å². The molecular weight excluding hydrogens is 335 g/mol. The molecule has 0 N–H and O–H groups in total. The van der Waals surface area contributed by atoms with Crippen molar-refractivity contribution in [2.45, 2.75) is 31.8 Å². The number of benzene rings is 1. The average Bonchev–Trinajstić information content (AvgIpc) is 2.69. The van der Waals surface area contributed by atoms with E-state index in [1.54, 1.807) is 17.3 Å². The normalized spacial score (nSPS) is 16.0. The van der Waals surface area contributed by atoms with E-state index in [2.05, 4.69) is 9.97 Å². The summed E-state index contributed by atoms with van der Waals surface area (Å²) in [5.74, 6) is -0.670. The number of nitrogens with zero attached hydrogens (tertiary/aromatic N) is 4. The molecule has 1 fully saturated rings. The van der Waals surface area contributed by atoms with Gasteiger partial charge in [0.1, 0.15) is 12.4 Å². The number of aromatic nitrogens is 2. The lowest BCUT2D eigenvalue weighted by atomic mass is 10.0. The van der Waals surface area contributed by atoms with E-state index in [0.29, 0.717) is 25.9 Å². The molecule has 2 aromatic rings. The molecule has 0 spiro atoms. The van der Waals surface area contributed by atoms with Gasteiger partial charge >= 0.3 is 0 Å². The van der Waals surface area contributed by atoms with Gasteiger partial charge in [-0.05, 0) is 25.1 Å². The number of carbonyl (C=O) groups is 1. The molecule has 1 aromatic heterocycles. The summed E-state index contributed by atoms with van der Waals surface area (Å²) in [6, 6.07) is 6.06. The summed E-state index contributed by atoms with van der Waals surface area (Å²) >= 11 is 0. The Balaban J connectivity index is 1.56. The van der Waals surface area contributed by atoms with Crippen molar-refractivity contribution >= 4 is 5.91 Å². The van der Waals surface area contributed by atoms with Crippen molar-refractivity contribution in [2.24, 2.45) is 0 Å². The van der Waals surface area contributed by atoms with Crippen molar-refractivity contribution in [1.82, 2.24) is 14.9 Å². The minimum atomic E-state index is -0.541. The monoisotopic (exact) mass is 354 g/mol. The maximum atomic E-state index is 13.9. The number of hydrogen-bond acceptors (Lipinski definition) is 5. The Kier molecular flexibility index (Phi) is 5.42. The summed E-state index contributed by atoms with van der Waals surface area (Å²) in [6.07, 6.45) is 5.84. The molecule has 1 aliphatic rings. The molecule has 1 atom stereocenters. The van der Waals surface area contributed by atoms with Gasteiger partial charge in [-0.2, -0.15) is 5.26 Å². The molecule has 0 saturated carbocycles. The van der Waals surface area contributed by atoms with Crippen molar-refractivity contribution in [2.75, 3.05) is 13.1 Å². The number of carbonyl (C=O) groups excluding carboxylic acids is 1. The fraction of sp³-hybridized carbons (Fsp3) is 0.368. The Hall–Kier alpha value is -3.01. The van der Waals surface area contributed by atoms with Gasteiger partial charge in [-0.1, -0.05) is 0 Å². The maximum Gasteiger partial charge on any atom is 0.229 e. The van der Waals surface area contributed by atoms with Gasteiger partial charge in [-0.3, -0.25) is 4.79 Å². The molecule has 1 saturated heterocycles. The second-order valence-corrected chi connectivity index (χ2v) is 6.29. The maximum absolute atomic E-state index is 13.9. The number of likely N-dealkylation sites (tertiary alicyclic amines) is 1. The number of ether oxygens (including phenoxy) is 1. The largest absolute Gasteiger partial charge is 0.487 e. The van der Waals surface area contributed by atoms with E-state index in [1.807, 2.05) is 13.0 Å². The van der Waals surface area contributed by atoms with Crippen LogP contribution in [0.3, 0.4) is 0 Å². The van der Waals surface area contributed by atoms with Gasteiger partial charge in [-0.25, -0.2) is 14.4 Å². The van der Waals surface area contributed by atoms with Gasteiger partial charge in [0, 0.05) is 43.9 Å². The van der Waals surface area contributed by atoms with Crippen LogP contribution in [0.1, 0.15) is 36.8 Å². The van der Waals surface area contributed by atoms with Gasteiger partial charge in [0.05, 0.1) is 17.6 Å². The number of hydrogen-bond donors (Lipinski definition) is 0. The number of nitriles is 1. The predicted octanol–water partition coefficient (Wildman–Crippen LogP) is 2.66. The zero-order chi connectivity index (χ0) is 18.5. The number of piperidine rings is 1. The Morgan fingerprint density at radius 2 is 2.04 bits per heavy atom. The fourth-order valence-electron chi connectivity index (χ4n) is 2.99. The fourth-order valence-corrected chi connectivity index (χ4v) is 2.99. The first-order chi connectivity index (χ1) is 12.6. The third-order valence-corrected chi connectivity index (χ3v) is 4.56. The third-order valence-electron chi connectivity index (χ3n) is 4.56. The molecule has 26 heavy (non-hydrogen) atoms. The first-order valence-corrected chi connectivity index (χ1v) is 8.48. The molecule has 1 amide bonds. The molecule has 134 valence electrons. The average molecular weight is 354 g/mol. The molecule has 1 aliphatic heterocycles. The summed E-state index contributed by atoms with van der Waals surface area (Å²) in [4.78, 5) is 22.3. The van der Waals surface area contributed by atoms with Crippen LogP contribution >= 0.6 is 0 Å². The van der Waals surface area contributed by atoms with Crippen LogP contribution in [0.4, 0.5) is 4.39 Å². The van der Waals surface area contributed by atoms with Crippen molar-refractivity contribution < 1.29 is 13.9 Å². The lowest BCUT2D eigenvalue weighted by Gasteiger charge is -2.33. The lowest BCUT2D eigenvalue weighted by Crippen LogP contribution is -2.43. The van der Waals surface area contributed by atoms with E-state index in [-0.39, 0.29) is 29.2 Å². The molecule has 0 radical (unpaired) electrons.